The van der Waals surface area contributed by atoms with Crippen LogP contribution in [0.25, 0.3) is 0 Å². The van der Waals surface area contributed by atoms with E-state index in [1.807, 2.05) is 26.0 Å². The Labute approximate surface area is 125 Å². The summed E-state index contributed by atoms with van der Waals surface area (Å²) >= 11 is 2.18. The summed E-state index contributed by atoms with van der Waals surface area (Å²) in [6.45, 7) is 3.75. The van der Waals surface area contributed by atoms with Gasteiger partial charge < -0.3 is 15.7 Å². The first-order valence-electron chi connectivity index (χ1n) is 5.93. The maximum atomic E-state index is 11.6. The molecule has 1 atom stereocenters. The lowest BCUT2D eigenvalue weighted by Gasteiger charge is -2.17. The number of urea groups is 1. The summed E-state index contributed by atoms with van der Waals surface area (Å²) in [5, 5.41) is 14.2. The number of carboxylic acids is 1. The largest absolute Gasteiger partial charge is 0.481 e. The van der Waals surface area contributed by atoms with Crippen molar-refractivity contribution in [3.8, 4) is 0 Å². The Morgan fingerprint density at radius 2 is 1.84 bits per heavy atom. The van der Waals surface area contributed by atoms with Gasteiger partial charge in [-0.1, -0.05) is 13.8 Å². The maximum absolute atomic E-state index is 11.6. The number of amides is 2. The van der Waals surface area contributed by atoms with E-state index in [0.717, 1.165) is 3.57 Å². The van der Waals surface area contributed by atoms with Gasteiger partial charge in [0.1, 0.15) is 0 Å². The van der Waals surface area contributed by atoms with Gasteiger partial charge in [0.2, 0.25) is 0 Å². The summed E-state index contributed by atoms with van der Waals surface area (Å²) in [6.07, 6.45) is 0. The van der Waals surface area contributed by atoms with Crippen LogP contribution in [0.2, 0.25) is 0 Å². The summed E-state index contributed by atoms with van der Waals surface area (Å²) in [4.78, 5) is 22.6. The van der Waals surface area contributed by atoms with E-state index in [2.05, 4.69) is 33.2 Å². The Balaban J connectivity index is 2.47. The van der Waals surface area contributed by atoms with Crippen LogP contribution >= 0.6 is 22.6 Å². The summed E-state index contributed by atoms with van der Waals surface area (Å²) in [6, 6.07) is 6.94. The van der Waals surface area contributed by atoms with Crippen LogP contribution in [-0.2, 0) is 4.79 Å². The van der Waals surface area contributed by atoms with E-state index in [1.165, 1.54) is 0 Å². The average Bonchev–Trinajstić information content (AvgIpc) is 2.31. The van der Waals surface area contributed by atoms with Crippen LogP contribution in [0, 0.1) is 15.4 Å². The molecule has 0 bridgehead atoms. The molecule has 0 spiro atoms. The number of hydrogen-bond donors (Lipinski definition) is 3. The second kappa shape index (κ2) is 7.32. The zero-order valence-corrected chi connectivity index (χ0v) is 13.0. The average molecular weight is 376 g/mol. The van der Waals surface area contributed by atoms with Crippen molar-refractivity contribution in [3.63, 3.8) is 0 Å². The molecule has 1 rings (SSSR count). The predicted octanol–water partition coefficient (Wildman–Crippen LogP) is 2.77. The Hall–Kier alpha value is -1.31. The zero-order valence-electron chi connectivity index (χ0n) is 10.8. The van der Waals surface area contributed by atoms with E-state index >= 15 is 0 Å². The first kappa shape index (κ1) is 15.7. The number of carbonyl (C=O) groups is 2. The summed E-state index contributed by atoms with van der Waals surface area (Å²) < 4.78 is 1.08. The SMILES string of the molecule is CC(C)C(CNC(=O)Nc1ccc(I)cc1)C(=O)O. The Bertz CT molecular complexity index is 446. The molecule has 0 saturated carbocycles. The monoisotopic (exact) mass is 376 g/mol. The second-order valence-corrected chi connectivity index (χ2v) is 5.78. The molecule has 6 heteroatoms. The zero-order chi connectivity index (χ0) is 14.4. The van der Waals surface area contributed by atoms with Gasteiger partial charge in [0.25, 0.3) is 0 Å². The minimum Gasteiger partial charge on any atom is -0.481 e. The highest BCUT2D eigenvalue weighted by Gasteiger charge is 2.21. The molecule has 104 valence electrons. The number of hydrogen-bond acceptors (Lipinski definition) is 2. The lowest BCUT2D eigenvalue weighted by molar-refractivity contribution is -0.142. The van der Waals surface area contributed by atoms with Gasteiger partial charge in [-0.3, -0.25) is 4.79 Å². The van der Waals surface area contributed by atoms with Crippen molar-refractivity contribution in [2.24, 2.45) is 11.8 Å². The van der Waals surface area contributed by atoms with Gasteiger partial charge in [-0.15, -0.1) is 0 Å². The van der Waals surface area contributed by atoms with Crippen molar-refractivity contribution >= 4 is 40.3 Å². The molecule has 19 heavy (non-hydrogen) atoms. The molecule has 1 aromatic carbocycles. The van der Waals surface area contributed by atoms with Crippen molar-refractivity contribution < 1.29 is 14.7 Å². The molecule has 2 amide bonds. The van der Waals surface area contributed by atoms with E-state index < -0.39 is 17.9 Å². The van der Waals surface area contributed by atoms with E-state index in [-0.39, 0.29) is 12.5 Å². The standard InChI is InChI=1S/C13H17IN2O3/c1-8(2)11(12(17)18)7-15-13(19)16-10-5-3-9(14)4-6-10/h3-6,8,11H,7H2,1-2H3,(H,17,18)(H2,15,16,19). The van der Waals surface area contributed by atoms with Crippen LogP contribution in [0.4, 0.5) is 10.5 Å². The minimum absolute atomic E-state index is 0.0314. The van der Waals surface area contributed by atoms with Crippen LogP contribution in [0.1, 0.15) is 13.8 Å². The quantitative estimate of drug-likeness (QED) is 0.692. The number of benzene rings is 1. The van der Waals surface area contributed by atoms with Gasteiger partial charge in [0.15, 0.2) is 0 Å². The molecule has 0 saturated heterocycles. The maximum Gasteiger partial charge on any atom is 0.319 e. The molecular formula is C13H17IN2O3. The predicted molar refractivity (Wildman–Crippen MR) is 82.1 cm³/mol. The molecular weight excluding hydrogens is 359 g/mol. The number of nitrogens with one attached hydrogen (secondary N) is 2. The van der Waals surface area contributed by atoms with E-state index in [1.54, 1.807) is 12.1 Å². The normalized spacial score (nSPS) is 12.0. The highest BCUT2D eigenvalue weighted by molar-refractivity contribution is 14.1. The van der Waals surface area contributed by atoms with Gasteiger partial charge in [-0.25, -0.2) is 4.79 Å². The lowest BCUT2D eigenvalue weighted by Crippen LogP contribution is -2.37. The fraction of sp³-hybridized carbons (Fsp3) is 0.385. The molecule has 1 aromatic rings. The van der Waals surface area contributed by atoms with Gasteiger partial charge in [0.05, 0.1) is 5.92 Å². The third kappa shape index (κ3) is 5.46. The molecule has 0 aliphatic rings. The van der Waals surface area contributed by atoms with Crippen molar-refractivity contribution in [2.45, 2.75) is 13.8 Å². The summed E-state index contributed by atoms with van der Waals surface area (Å²) in [7, 11) is 0. The van der Waals surface area contributed by atoms with Crippen LogP contribution in [-0.4, -0.2) is 23.7 Å². The van der Waals surface area contributed by atoms with Gasteiger partial charge in [-0.05, 0) is 52.8 Å². The fourth-order valence-electron chi connectivity index (χ4n) is 1.52. The molecule has 0 aromatic heterocycles. The van der Waals surface area contributed by atoms with Gasteiger partial charge in [-0.2, -0.15) is 0 Å². The molecule has 3 N–H and O–H groups in total. The third-order valence-electron chi connectivity index (χ3n) is 2.71. The highest BCUT2D eigenvalue weighted by atomic mass is 127. The third-order valence-corrected chi connectivity index (χ3v) is 3.43. The highest BCUT2D eigenvalue weighted by Crippen LogP contribution is 2.12. The molecule has 0 heterocycles. The summed E-state index contributed by atoms with van der Waals surface area (Å²) in [5.74, 6) is -1.51. The van der Waals surface area contributed by atoms with Crippen molar-refractivity contribution in [1.29, 1.82) is 0 Å². The summed E-state index contributed by atoms with van der Waals surface area (Å²) in [5.41, 5.74) is 0.675. The Kier molecular flexibility index (Phi) is 6.07. The van der Waals surface area contributed by atoms with Crippen molar-refractivity contribution in [3.05, 3.63) is 27.8 Å². The Morgan fingerprint density at radius 3 is 2.32 bits per heavy atom. The number of aliphatic carboxylic acids is 1. The smallest absolute Gasteiger partial charge is 0.319 e. The molecule has 0 aliphatic heterocycles. The number of rotatable bonds is 5. The van der Waals surface area contributed by atoms with Crippen LogP contribution in [0.15, 0.2) is 24.3 Å². The topological polar surface area (TPSA) is 78.4 Å². The van der Waals surface area contributed by atoms with E-state index in [4.69, 9.17) is 5.11 Å². The van der Waals surface area contributed by atoms with Crippen LogP contribution < -0.4 is 10.6 Å². The van der Waals surface area contributed by atoms with Gasteiger partial charge >= 0.3 is 12.0 Å². The molecule has 5 nitrogen and oxygen atoms in total. The minimum atomic E-state index is -0.899. The van der Waals surface area contributed by atoms with E-state index in [0.29, 0.717) is 5.69 Å². The van der Waals surface area contributed by atoms with E-state index in [9.17, 15) is 9.59 Å². The number of anilines is 1. The number of halogens is 1. The van der Waals surface area contributed by atoms with Crippen molar-refractivity contribution in [1.82, 2.24) is 5.32 Å². The lowest BCUT2D eigenvalue weighted by atomic mass is 9.96. The Morgan fingerprint density at radius 1 is 1.26 bits per heavy atom. The molecule has 1 unspecified atom stereocenters. The molecule has 0 radical (unpaired) electrons. The van der Waals surface area contributed by atoms with Crippen LogP contribution in [0.5, 0.6) is 0 Å². The van der Waals surface area contributed by atoms with Crippen molar-refractivity contribution in [2.75, 3.05) is 11.9 Å². The first-order valence-corrected chi connectivity index (χ1v) is 7.01. The number of carbonyl (C=O) groups excluding carboxylic acids is 1. The molecule has 0 aliphatic carbocycles. The second-order valence-electron chi connectivity index (χ2n) is 4.53. The first-order chi connectivity index (χ1) is 8.90. The van der Waals surface area contributed by atoms with Gasteiger partial charge in [0, 0.05) is 15.8 Å². The van der Waals surface area contributed by atoms with Crippen LogP contribution in [0.3, 0.4) is 0 Å². The number of carboxylic acid groups (broad SMARTS) is 1. The fourth-order valence-corrected chi connectivity index (χ4v) is 1.88. The molecule has 0 fully saturated rings.